The Balaban J connectivity index is 2.72. The largest absolute Gasteiger partial charge is 0.318 e. The van der Waals surface area contributed by atoms with Crippen molar-refractivity contribution in [2.75, 3.05) is 0 Å². The number of benzene rings is 1. The molecule has 2 aromatic heterocycles. The van der Waals surface area contributed by atoms with Gasteiger partial charge in [0.1, 0.15) is 5.52 Å². The molecule has 0 spiro atoms. The van der Waals surface area contributed by atoms with Gasteiger partial charge in [0.15, 0.2) is 0 Å². The highest BCUT2D eigenvalue weighted by atomic mass is 35.5. The van der Waals surface area contributed by atoms with Gasteiger partial charge in [0.05, 0.1) is 28.6 Å². The SMILES string of the molecule is O=c1[nH]c2c(Cl)cccc2n2cncc12. The summed E-state index contributed by atoms with van der Waals surface area (Å²) in [5.41, 5.74) is 1.81. The van der Waals surface area contributed by atoms with Gasteiger partial charge in [-0.05, 0) is 12.1 Å². The highest BCUT2D eigenvalue weighted by molar-refractivity contribution is 6.34. The summed E-state index contributed by atoms with van der Waals surface area (Å²) >= 11 is 5.99. The Kier molecular flexibility index (Phi) is 1.61. The molecule has 0 aliphatic heterocycles. The molecule has 15 heavy (non-hydrogen) atoms. The molecule has 3 rings (SSSR count). The quantitative estimate of drug-likeness (QED) is 0.627. The number of para-hydroxylation sites is 1. The van der Waals surface area contributed by atoms with E-state index in [1.54, 1.807) is 16.8 Å². The van der Waals surface area contributed by atoms with Crippen LogP contribution in [0.5, 0.6) is 0 Å². The highest BCUT2D eigenvalue weighted by Gasteiger charge is 2.06. The molecule has 0 saturated heterocycles. The van der Waals surface area contributed by atoms with Crippen molar-refractivity contribution in [3.63, 3.8) is 0 Å². The van der Waals surface area contributed by atoms with Crippen LogP contribution in [0.3, 0.4) is 0 Å². The average Bonchev–Trinajstić information content (AvgIpc) is 2.69. The van der Waals surface area contributed by atoms with Crippen LogP contribution in [-0.4, -0.2) is 14.4 Å². The lowest BCUT2D eigenvalue weighted by Gasteiger charge is -2.02. The molecule has 0 unspecified atom stereocenters. The Hall–Kier alpha value is -1.81. The number of rotatable bonds is 0. The molecule has 0 aliphatic rings. The molecule has 3 aromatic rings. The molecule has 0 amide bonds. The molecule has 0 bridgehead atoms. The van der Waals surface area contributed by atoms with E-state index in [0.29, 0.717) is 16.1 Å². The highest BCUT2D eigenvalue weighted by Crippen LogP contribution is 2.20. The number of fused-ring (bicyclic) bond motifs is 3. The van der Waals surface area contributed by atoms with Gasteiger partial charge >= 0.3 is 0 Å². The van der Waals surface area contributed by atoms with E-state index in [9.17, 15) is 4.79 Å². The number of hydrogen-bond acceptors (Lipinski definition) is 2. The van der Waals surface area contributed by atoms with Crippen molar-refractivity contribution in [2.24, 2.45) is 0 Å². The molecule has 1 aromatic carbocycles. The zero-order chi connectivity index (χ0) is 10.4. The van der Waals surface area contributed by atoms with Gasteiger partial charge in [-0.2, -0.15) is 0 Å². The Morgan fingerprint density at radius 2 is 2.20 bits per heavy atom. The predicted octanol–water partition coefficient (Wildman–Crippen LogP) is 1.83. The van der Waals surface area contributed by atoms with E-state index in [-0.39, 0.29) is 5.56 Å². The third-order valence-corrected chi connectivity index (χ3v) is 2.68. The van der Waals surface area contributed by atoms with Gasteiger partial charge in [0.2, 0.25) is 0 Å². The van der Waals surface area contributed by atoms with Crippen LogP contribution in [0.25, 0.3) is 16.6 Å². The normalized spacial score (nSPS) is 11.3. The smallest absolute Gasteiger partial charge is 0.274 e. The number of halogens is 1. The Morgan fingerprint density at radius 1 is 1.33 bits per heavy atom. The number of imidazole rings is 1. The lowest BCUT2D eigenvalue weighted by Crippen LogP contribution is -2.09. The minimum Gasteiger partial charge on any atom is -0.318 e. The first-order valence-electron chi connectivity index (χ1n) is 4.40. The number of nitrogens with zero attached hydrogens (tertiary/aromatic N) is 2. The summed E-state index contributed by atoms with van der Waals surface area (Å²) in [7, 11) is 0. The summed E-state index contributed by atoms with van der Waals surface area (Å²) in [6.07, 6.45) is 3.13. The van der Waals surface area contributed by atoms with Gasteiger partial charge in [-0.1, -0.05) is 17.7 Å². The van der Waals surface area contributed by atoms with Crippen LogP contribution >= 0.6 is 11.6 Å². The third-order valence-electron chi connectivity index (χ3n) is 2.36. The number of nitrogens with one attached hydrogen (secondary N) is 1. The van der Waals surface area contributed by atoms with Gasteiger partial charge in [0.25, 0.3) is 5.56 Å². The predicted molar refractivity (Wildman–Crippen MR) is 58.3 cm³/mol. The molecule has 0 fully saturated rings. The summed E-state index contributed by atoms with van der Waals surface area (Å²) in [4.78, 5) is 18.3. The molecule has 0 atom stereocenters. The maximum Gasteiger partial charge on any atom is 0.274 e. The van der Waals surface area contributed by atoms with Crippen molar-refractivity contribution in [1.82, 2.24) is 14.4 Å². The lowest BCUT2D eigenvalue weighted by atomic mass is 10.3. The topological polar surface area (TPSA) is 50.2 Å². The van der Waals surface area contributed by atoms with E-state index >= 15 is 0 Å². The molecule has 0 saturated carbocycles. The fourth-order valence-electron chi connectivity index (χ4n) is 1.67. The molecule has 4 nitrogen and oxygen atoms in total. The van der Waals surface area contributed by atoms with E-state index < -0.39 is 0 Å². The zero-order valence-corrected chi connectivity index (χ0v) is 8.32. The third kappa shape index (κ3) is 1.08. The van der Waals surface area contributed by atoms with Crippen molar-refractivity contribution in [2.45, 2.75) is 0 Å². The maximum atomic E-state index is 11.6. The summed E-state index contributed by atoms with van der Waals surface area (Å²) in [6, 6.07) is 5.46. The molecule has 5 heteroatoms. The second kappa shape index (κ2) is 2.84. The molecule has 0 aliphatic carbocycles. The van der Waals surface area contributed by atoms with Crippen LogP contribution in [0, 0.1) is 0 Å². The van der Waals surface area contributed by atoms with Crippen molar-refractivity contribution < 1.29 is 0 Å². The van der Waals surface area contributed by atoms with Crippen molar-refractivity contribution >= 4 is 28.2 Å². The first-order chi connectivity index (χ1) is 7.27. The summed E-state index contributed by atoms with van der Waals surface area (Å²) in [5, 5.41) is 0.528. The number of H-pyrrole nitrogens is 1. The van der Waals surface area contributed by atoms with Gasteiger partial charge in [-0.15, -0.1) is 0 Å². The van der Waals surface area contributed by atoms with Crippen molar-refractivity contribution in [3.05, 3.63) is 46.1 Å². The second-order valence-electron chi connectivity index (χ2n) is 3.24. The first-order valence-corrected chi connectivity index (χ1v) is 4.78. The monoisotopic (exact) mass is 219 g/mol. The maximum absolute atomic E-state index is 11.6. The standard InChI is InChI=1S/C10H6ClN3O/c11-6-2-1-3-7-9(6)13-10(15)8-4-12-5-14(7)8/h1-5H,(H,13,15). The Bertz CT molecular complexity index is 713. The minimum absolute atomic E-state index is 0.187. The molecule has 0 radical (unpaired) electrons. The van der Waals surface area contributed by atoms with Gasteiger partial charge < -0.3 is 4.98 Å². The fraction of sp³-hybridized carbons (Fsp3) is 0. The van der Waals surface area contributed by atoms with E-state index in [0.717, 1.165) is 5.52 Å². The minimum atomic E-state index is -0.187. The van der Waals surface area contributed by atoms with E-state index in [1.807, 2.05) is 12.1 Å². The van der Waals surface area contributed by atoms with E-state index in [4.69, 9.17) is 11.6 Å². The lowest BCUT2D eigenvalue weighted by molar-refractivity contribution is 1.16. The zero-order valence-electron chi connectivity index (χ0n) is 7.57. The van der Waals surface area contributed by atoms with Crippen LogP contribution in [-0.2, 0) is 0 Å². The Morgan fingerprint density at radius 3 is 3.07 bits per heavy atom. The van der Waals surface area contributed by atoms with Crippen LogP contribution < -0.4 is 5.56 Å². The van der Waals surface area contributed by atoms with Crippen molar-refractivity contribution in [1.29, 1.82) is 0 Å². The average molecular weight is 220 g/mol. The number of aromatic nitrogens is 3. The van der Waals surface area contributed by atoms with Crippen LogP contribution in [0.4, 0.5) is 0 Å². The number of aromatic amines is 1. The second-order valence-corrected chi connectivity index (χ2v) is 3.64. The summed E-state index contributed by atoms with van der Waals surface area (Å²) < 4.78 is 1.72. The van der Waals surface area contributed by atoms with E-state index in [2.05, 4.69) is 9.97 Å². The summed E-state index contributed by atoms with van der Waals surface area (Å²) in [5.74, 6) is 0. The van der Waals surface area contributed by atoms with Gasteiger partial charge in [-0.3, -0.25) is 9.20 Å². The molecule has 1 N–H and O–H groups in total. The van der Waals surface area contributed by atoms with Gasteiger partial charge in [-0.25, -0.2) is 4.98 Å². The fourth-order valence-corrected chi connectivity index (χ4v) is 1.89. The molecular formula is C10H6ClN3O. The molecule has 2 heterocycles. The summed E-state index contributed by atoms with van der Waals surface area (Å²) in [6.45, 7) is 0. The Labute approximate surface area is 89.1 Å². The van der Waals surface area contributed by atoms with Crippen LogP contribution in [0.2, 0.25) is 5.02 Å². The van der Waals surface area contributed by atoms with Crippen LogP contribution in [0.1, 0.15) is 0 Å². The van der Waals surface area contributed by atoms with Crippen LogP contribution in [0.15, 0.2) is 35.5 Å². The molecular weight excluding hydrogens is 214 g/mol. The van der Waals surface area contributed by atoms with E-state index in [1.165, 1.54) is 6.20 Å². The van der Waals surface area contributed by atoms with Crippen molar-refractivity contribution in [3.8, 4) is 0 Å². The van der Waals surface area contributed by atoms with Gasteiger partial charge in [0, 0.05) is 0 Å². The molecule has 74 valence electrons. The number of hydrogen-bond donors (Lipinski definition) is 1. The first kappa shape index (κ1) is 8.49.